The van der Waals surface area contributed by atoms with Crippen molar-refractivity contribution in [3.05, 3.63) is 265 Å². The summed E-state index contributed by atoms with van der Waals surface area (Å²) in [5.74, 6) is 0. The highest BCUT2D eigenvalue weighted by Crippen LogP contribution is 2.53. The molecular weight excluding hydrogens is 1000 g/mol. The molecule has 4 nitrogen and oxygen atoms in total. The summed E-state index contributed by atoms with van der Waals surface area (Å²) in [5.41, 5.74) is 40.1. The Morgan fingerprint density at radius 2 is 0.554 bits per heavy atom. The van der Waals surface area contributed by atoms with Crippen LogP contribution in [0.25, 0.3) is 22.3 Å². The van der Waals surface area contributed by atoms with Crippen molar-refractivity contribution >= 4 is 161 Å². The molecule has 0 saturated heterocycles. The maximum absolute atomic E-state index is 2.75. The van der Waals surface area contributed by atoms with Gasteiger partial charge in [-0.1, -0.05) is 216 Å². The number of anilines is 12. The minimum Gasteiger partial charge on any atom is -0.312 e. The average Bonchev–Trinajstić information content (AvgIpc) is 0.747. The summed E-state index contributed by atoms with van der Waals surface area (Å²) in [6, 6.07) is 95.4. The van der Waals surface area contributed by atoms with E-state index < -0.39 is 0 Å². The van der Waals surface area contributed by atoms with Gasteiger partial charge in [-0.15, -0.1) is 0 Å². The Kier molecular flexibility index (Phi) is 9.17. The van der Waals surface area contributed by atoms with Crippen LogP contribution in [0.3, 0.4) is 0 Å². The third-order valence-electron chi connectivity index (χ3n) is 19.7. The molecule has 12 aromatic carbocycles. The van der Waals surface area contributed by atoms with Gasteiger partial charge in [-0.25, -0.2) is 0 Å². The van der Waals surface area contributed by atoms with Crippen LogP contribution in [0.5, 0.6) is 0 Å². The Bertz CT molecular complexity index is 4830. The van der Waals surface area contributed by atoms with Crippen LogP contribution >= 0.6 is 0 Å². The first-order valence-corrected chi connectivity index (χ1v) is 29.5. The van der Waals surface area contributed by atoms with E-state index in [-0.39, 0.29) is 26.9 Å². The Morgan fingerprint density at radius 1 is 0.229 bits per heavy atom. The van der Waals surface area contributed by atoms with E-state index in [2.05, 4.69) is 289 Å². The van der Waals surface area contributed by atoms with Crippen LogP contribution in [-0.2, 0) is 0 Å². The third-order valence-corrected chi connectivity index (χ3v) is 19.7. The molecule has 12 aromatic rings. The molecule has 0 fully saturated rings. The third kappa shape index (κ3) is 5.95. The first-order chi connectivity index (χ1) is 41.0. The van der Waals surface area contributed by atoms with Crippen molar-refractivity contribution in [3.8, 4) is 22.3 Å². The second-order valence-electron chi connectivity index (χ2n) is 24.0. The van der Waals surface area contributed by atoms with Gasteiger partial charge >= 0.3 is 0 Å². The van der Waals surface area contributed by atoms with Gasteiger partial charge in [0.1, 0.15) is 0 Å². The highest BCUT2D eigenvalue weighted by molar-refractivity contribution is 7.09. The van der Waals surface area contributed by atoms with Crippen LogP contribution in [0.2, 0.25) is 0 Å². The fraction of sp³-hybridized carbons (Fsp3) is 0.0400. The molecule has 0 radical (unpaired) electrons. The standard InChI is InChI=1S/C75H50B4N4/c1-45-39-46(2)69(47(3)40-45)78-53-27-13-17-31-61(53)80(52-25-11-6-12-26-52)67-44-68-60(43-59(67)78)79-58-38-36-51(49-23-9-5-10-24-49)42-66(58)83-65-41-50(48-21-7-4-8-22-48)35-37-57(65)77-55-29-15-19-33-63(55)81-62-32-18-14-28-54(62)76-56-30-16-20-34-64(56)82(68)74-70(76)73(81)71(77)75(83)72(74)79/h4-44H,1-3H3. The van der Waals surface area contributed by atoms with Gasteiger partial charge in [0.25, 0.3) is 20.1 Å². The Hall–Kier alpha value is -9.90. The Labute approximate surface area is 485 Å². The second-order valence-corrected chi connectivity index (χ2v) is 24.0. The number of nitrogens with zero attached hydrogens (tertiary/aromatic N) is 4. The van der Waals surface area contributed by atoms with Crippen LogP contribution in [0.1, 0.15) is 16.7 Å². The second kappa shape index (κ2) is 16.6. The van der Waals surface area contributed by atoms with Crippen LogP contribution in [0, 0.1) is 20.8 Å². The molecule has 8 heteroatoms. The van der Waals surface area contributed by atoms with Crippen molar-refractivity contribution in [2.45, 2.75) is 20.8 Å². The number of benzene rings is 12. The molecule has 7 heterocycles. The topological polar surface area (TPSA) is 13.0 Å². The summed E-state index contributed by atoms with van der Waals surface area (Å²) in [4.78, 5) is 10.7. The van der Waals surface area contributed by atoms with Gasteiger partial charge in [-0.2, -0.15) is 0 Å². The number of fused-ring (bicyclic) bond motifs is 20. The SMILES string of the molecule is Cc1cc(C)c(B2c3ccccc3N(c3ccccc3)c3cc4c(cc32)B2c3ccc(-c5ccccc5)cc3N3c5cc(-c6ccccc6)ccc5B5c6ccccc6N6c7ccccc7B7c8ccccc8N4c4c7c6c5c3c42)c(C)c1. The minimum absolute atomic E-state index is 0.00564. The molecule has 0 unspecified atom stereocenters. The van der Waals surface area contributed by atoms with Crippen molar-refractivity contribution in [3.63, 3.8) is 0 Å². The van der Waals surface area contributed by atoms with E-state index >= 15 is 0 Å². The van der Waals surface area contributed by atoms with Gasteiger partial charge in [0, 0.05) is 68.2 Å². The van der Waals surface area contributed by atoms with E-state index in [4.69, 9.17) is 0 Å². The average molecular weight is 1050 g/mol. The molecule has 0 atom stereocenters. The summed E-state index contributed by atoms with van der Waals surface area (Å²) in [6.45, 7) is 6.74. The molecule has 0 bridgehead atoms. The van der Waals surface area contributed by atoms with Crippen LogP contribution < -0.4 is 85.2 Å². The first-order valence-electron chi connectivity index (χ1n) is 29.5. The molecule has 0 amide bonds. The van der Waals surface area contributed by atoms with Gasteiger partial charge in [0.2, 0.25) is 6.71 Å². The lowest BCUT2D eigenvalue weighted by Gasteiger charge is -2.56. The monoisotopic (exact) mass is 1050 g/mol. The molecule has 382 valence electrons. The summed E-state index contributed by atoms with van der Waals surface area (Å²) in [6.07, 6.45) is 0. The smallest absolute Gasteiger partial charge is 0.252 e. The van der Waals surface area contributed by atoms with Gasteiger partial charge in [-0.05, 0) is 158 Å². The van der Waals surface area contributed by atoms with E-state index in [0.717, 1.165) is 5.69 Å². The zero-order valence-electron chi connectivity index (χ0n) is 46.3. The predicted octanol–water partition coefficient (Wildman–Crippen LogP) is 10.1. The molecule has 7 aliphatic heterocycles. The zero-order chi connectivity index (χ0) is 54.5. The normalized spacial score (nSPS) is 14.3. The molecule has 0 N–H and O–H groups in total. The highest BCUT2D eigenvalue weighted by Gasteiger charge is 2.58. The minimum atomic E-state index is -0.120. The predicted molar refractivity (Wildman–Crippen MR) is 355 cm³/mol. The van der Waals surface area contributed by atoms with Gasteiger partial charge in [-0.3, -0.25) is 0 Å². The summed E-state index contributed by atoms with van der Waals surface area (Å²) in [5, 5.41) is 0. The summed E-state index contributed by atoms with van der Waals surface area (Å²) in [7, 11) is 0. The van der Waals surface area contributed by atoms with Crippen molar-refractivity contribution in [2.75, 3.05) is 19.6 Å². The number of para-hydroxylation sites is 5. The first kappa shape index (κ1) is 45.8. The number of rotatable bonds is 4. The molecule has 0 spiro atoms. The van der Waals surface area contributed by atoms with E-state index in [1.165, 1.54) is 167 Å². The molecule has 7 aliphatic rings. The molecule has 83 heavy (non-hydrogen) atoms. The number of hydrogen-bond acceptors (Lipinski definition) is 4. The number of hydrogen-bond donors (Lipinski definition) is 0. The Morgan fingerprint density at radius 3 is 1.01 bits per heavy atom. The van der Waals surface area contributed by atoms with E-state index in [9.17, 15) is 0 Å². The van der Waals surface area contributed by atoms with Crippen LogP contribution in [0.4, 0.5) is 68.2 Å². The zero-order valence-corrected chi connectivity index (χ0v) is 46.3. The Balaban J connectivity index is 1.00. The fourth-order valence-corrected chi connectivity index (χ4v) is 16.8. The number of aryl methyl sites for hydroxylation is 3. The largest absolute Gasteiger partial charge is 0.312 e. The lowest BCUT2D eigenvalue weighted by molar-refractivity contribution is 1.23. The summed E-state index contributed by atoms with van der Waals surface area (Å²) >= 11 is 0. The van der Waals surface area contributed by atoms with Gasteiger partial charge in [0.15, 0.2) is 0 Å². The van der Waals surface area contributed by atoms with Crippen LogP contribution in [0.15, 0.2) is 249 Å². The van der Waals surface area contributed by atoms with E-state index in [0.29, 0.717) is 0 Å². The molecule has 0 aliphatic carbocycles. The fourth-order valence-electron chi connectivity index (χ4n) is 16.8. The van der Waals surface area contributed by atoms with Gasteiger partial charge < -0.3 is 19.6 Å². The lowest BCUT2D eigenvalue weighted by atomic mass is 9.24. The lowest BCUT2D eigenvalue weighted by Crippen LogP contribution is -2.75. The van der Waals surface area contributed by atoms with Crippen LogP contribution in [-0.4, -0.2) is 26.9 Å². The summed E-state index contributed by atoms with van der Waals surface area (Å²) < 4.78 is 0. The quantitative estimate of drug-likeness (QED) is 0.163. The maximum atomic E-state index is 2.75. The van der Waals surface area contributed by atoms with Gasteiger partial charge in [0.05, 0.1) is 0 Å². The van der Waals surface area contributed by atoms with Crippen molar-refractivity contribution in [1.29, 1.82) is 0 Å². The van der Waals surface area contributed by atoms with E-state index in [1.807, 2.05) is 0 Å². The van der Waals surface area contributed by atoms with Crippen molar-refractivity contribution in [1.82, 2.24) is 0 Å². The molecule has 0 aromatic heterocycles. The van der Waals surface area contributed by atoms with Crippen molar-refractivity contribution in [2.24, 2.45) is 0 Å². The van der Waals surface area contributed by atoms with E-state index in [1.54, 1.807) is 0 Å². The molecular formula is C75H50B4N4. The molecule has 0 saturated carbocycles. The maximum Gasteiger partial charge on any atom is 0.252 e. The molecule has 19 rings (SSSR count). The highest BCUT2D eigenvalue weighted by atomic mass is 15.2. The van der Waals surface area contributed by atoms with Crippen molar-refractivity contribution < 1.29 is 0 Å².